The normalized spacial score (nSPS) is 14.7. The van der Waals surface area contributed by atoms with E-state index in [1.54, 1.807) is 0 Å². The third-order valence-electron chi connectivity index (χ3n) is 7.09. The number of piperazine rings is 1. The first-order valence-electron chi connectivity index (χ1n) is 12.3. The number of anilines is 2. The summed E-state index contributed by atoms with van der Waals surface area (Å²) in [4.78, 5) is 14.7. The van der Waals surface area contributed by atoms with Crippen molar-refractivity contribution in [1.82, 2.24) is 19.3 Å². The van der Waals surface area contributed by atoms with Crippen molar-refractivity contribution in [3.05, 3.63) is 101 Å². The SMILES string of the molecule is Cc1cccc2c1nc(N)n1cc(Cc3ccccc3CN3CCN(c4ccccc4)CC3)nc21. The molecule has 0 amide bonds. The lowest BCUT2D eigenvalue weighted by molar-refractivity contribution is 0.249. The Balaban J connectivity index is 1.22. The Morgan fingerprint density at radius 1 is 0.800 bits per heavy atom. The van der Waals surface area contributed by atoms with Crippen molar-refractivity contribution >= 4 is 28.2 Å². The zero-order valence-electron chi connectivity index (χ0n) is 20.1. The third kappa shape index (κ3) is 4.21. The molecule has 0 bridgehead atoms. The second-order valence-electron chi connectivity index (χ2n) is 9.41. The summed E-state index contributed by atoms with van der Waals surface area (Å²) in [7, 11) is 0. The molecular formula is C29H30N6. The molecule has 6 rings (SSSR count). The molecule has 1 aliphatic rings. The van der Waals surface area contributed by atoms with Crippen LogP contribution in [0.4, 0.5) is 11.6 Å². The molecule has 0 aliphatic carbocycles. The zero-order valence-corrected chi connectivity index (χ0v) is 20.1. The van der Waals surface area contributed by atoms with E-state index in [1.807, 2.05) is 10.6 Å². The van der Waals surface area contributed by atoms with Gasteiger partial charge in [0.15, 0.2) is 0 Å². The first-order chi connectivity index (χ1) is 17.2. The maximum absolute atomic E-state index is 6.31. The van der Waals surface area contributed by atoms with Gasteiger partial charge in [-0.05, 0) is 41.8 Å². The number of hydrogen-bond donors (Lipinski definition) is 1. The van der Waals surface area contributed by atoms with Crippen molar-refractivity contribution in [3.63, 3.8) is 0 Å². The number of aryl methyl sites for hydroxylation is 1. The minimum atomic E-state index is 0.477. The molecule has 176 valence electrons. The quantitative estimate of drug-likeness (QED) is 0.411. The van der Waals surface area contributed by atoms with E-state index in [9.17, 15) is 0 Å². The fourth-order valence-electron chi connectivity index (χ4n) is 5.16. The predicted octanol–water partition coefficient (Wildman–Crippen LogP) is 4.69. The van der Waals surface area contributed by atoms with Crippen LogP contribution >= 0.6 is 0 Å². The maximum atomic E-state index is 6.31. The van der Waals surface area contributed by atoms with E-state index in [0.717, 1.165) is 67.0 Å². The molecule has 6 nitrogen and oxygen atoms in total. The van der Waals surface area contributed by atoms with E-state index in [-0.39, 0.29) is 0 Å². The zero-order chi connectivity index (χ0) is 23.8. The smallest absolute Gasteiger partial charge is 0.206 e. The van der Waals surface area contributed by atoms with Crippen molar-refractivity contribution in [2.75, 3.05) is 36.8 Å². The van der Waals surface area contributed by atoms with Gasteiger partial charge in [0, 0.05) is 56.4 Å². The van der Waals surface area contributed by atoms with Crippen LogP contribution in [0.25, 0.3) is 16.6 Å². The van der Waals surface area contributed by atoms with Gasteiger partial charge < -0.3 is 10.6 Å². The lowest BCUT2D eigenvalue weighted by Crippen LogP contribution is -2.46. The Labute approximate surface area is 205 Å². The fourth-order valence-corrected chi connectivity index (χ4v) is 5.16. The average Bonchev–Trinajstić information content (AvgIpc) is 3.32. The average molecular weight is 463 g/mol. The van der Waals surface area contributed by atoms with Crippen LogP contribution in [0, 0.1) is 6.92 Å². The summed E-state index contributed by atoms with van der Waals surface area (Å²) in [5.41, 5.74) is 14.2. The van der Waals surface area contributed by atoms with Gasteiger partial charge in [-0.15, -0.1) is 0 Å². The van der Waals surface area contributed by atoms with Gasteiger partial charge in [-0.1, -0.05) is 54.6 Å². The van der Waals surface area contributed by atoms with Gasteiger partial charge in [-0.25, -0.2) is 9.97 Å². The van der Waals surface area contributed by atoms with Gasteiger partial charge in [0.25, 0.3) is 0 Å². The van der Waals surface area contributed by atoms with Gasteiger partial charge in [0.2, 0.25) is 5.95 Å². The van der Waals surface area contributed by atoms with Crippen molar-refractivity contribution in [1.29, 1.82) is 0 Å². The van der Waals surface area contributed by atoms with Crippen molar-refractivity contribution in [2.24, 2.45) is 0 Å². The van der Waals surface area contributed by atoms with Crippen LogP contribution in [0.5, 0.6) is 0 Å². The highest BCUT2D eigenvalue weighted by Gasteiger charge is 2.19. The molecule has 0 spiro atoms. The minimum Gasteiger partial charge on any atom is -0.369 e. The van der Waals surface area contributed by atoms with E-state index in [2.05, 4.69) is 94.5 Å². The van der Waals surface area contributed by atoms with Crippen molar-refractivity contribution in [3.8, 4) is 0 Å². The van der Waals surface area contributed by atoms with E-state index in [0.29, 0.717) is 5.95 Å². The summed E-state index contributed by atoms with van der Waals surface area (Å²) < 4.78 is 1.92. The fraction of sp³-hybridized carbons (Fsp3) is 0.241. The summed E-state index contributed by atoms with van der Waals surface area (Å²) in [5.74, 6) is 0.477. The highest BCUT2D eigenvalue weighted by molar-refractivity contribution is 5.94. The number of para-hydroxylation sites is 2. The Morgan fingerprint density at radius 2 is 1.54 bits per heavy atom. The number of nitrogens with two attached hydrogens (primary N) is 1. The molecular weight excluding hydrogens is 432 g/mol. The molecule has 0 saturated carbocycles. The molecule has 0 atom stereocenters. The largest absolute Gasteiger partial charge is 0.369 e. The van der Waals surface area contributed by atoms with Crippen LogP contribution in [0.15, 0.2) is 79.0 Å². The lowest BCUT2D eigenvalue weighted by Gasteiger charge is -2.36. The molecule has 1 fully saturated rings. The van der Waals surface area contributed by atoms with Crippen LogP contribution in [-0.2, 0) is 13.0 Å². The topological polar surface area (TPSA) is 62.7 Å². The molecule has 1 saturated heterocycles. The summed E-state index contributed by atoms with van der Waals surface area (Å²) >= 11 is 0. The maximum Gasteiger partial charge on any atom is 0.206 e. The van der Waals surface area contributed by atoms with E-state index < -0.39 is 0 Å². The summed E-state index contributed by atoms with van der Waals surface area (Å²) in [5, 5.41) is 1.04. The summed E-state index contributed by atoms with van der Waals surface area (Å²) in [6.45, 7) is 7.24. The Bertz CT molecular complexity index is 1480. The number of hydrogen-bond acceptors (Lipinski definition) is 5. The van der Waals surface area contributed by atoms with Gasteiger partial charge >= 0.3 is 0 Å². The molecule has 0 radical (unpaired) electrons. The molecule has 35 heavy (non-hydrogen) atoms. The number of imidazole rings is 1. The molecule has 3 heterocycles. The second kappa shape index (κ2) is 9.04. The summed E-state index contributed by atoms with van der Waals surface area (Å²) in [6, 6.07) is 25.6. The number of nitrogen functional groups attached to an aromatic ring is 1. The van der Waals surface area contributed by atoms with Crippen LogP contribution in [0.1, 0.15) is 22.4 Å². The van der Waals surface area contributed by atoms with Crippen molar-refractivity contribution in [2.45, 2.75) is 19.9 Å². The highest BCUT2D eigenvalue weighted by atomic mass is 15.3. The number of nitrogens with zero attached hydrogens (tertiary/aromatic N) is 5. The predicted molar refractivity (Wildman–Crippen MR) is 143 cm³/mol. The van der Waals surface area contributed by atoms with Gasteiger partial charge in [0.05, 0.1) is 11.2 Å². The Hall–Kier alpha value is -3.90. The molecule has 5 aromatic rings. The monoisotopic (exact) mass is 462 g/mol. The number of rotatable bonds is 5. The second-order valence-corrected chi connectivity index (χ2v) is 9.41. The molecule has 3 aromatic carbocycles. The minimum absolute atomic E-state index is 0.477. The van der Waals surface area contributed by atoms with Crippen LogP contribution in [0.2, 0.25) is 0 Å². The number of fused-ring (bicyclic) bond motifs is 3. The number of benzene rings is 3. The number of aromatic nitrogens is 3. The van der Waals surface area contributed by atoms with Gasteiger partial charge in [-0.3, -0.25) is 9.30 Å². The molecule has 6 heteroatoms. The van der Waals surface area contributed by atoms with Crippen LogP contribution < -0.4 is 10.6 Å². The lowest BCUT2D eigenvalue weighted by atomic mass is 10.0. The van der Waals surface area contributed by atoms with E-state index >= 15 is 0 Å². The van der Waals surface area contributed by atoms with Crippen LogP contribution in [0.3, 0.4) is 0 Å². The first kappa shape index (κ1) is 21.6. The Morgan fingerprint density at radius 3 is 2.34 bits per heavy atom. The van der Waals surface area contributed by atoms with Gasteiger partial charge in [-0.2, -0.15) is 0 Å². The first-order valence-corrected chi connectivity index (χ1v) is 12.3. The molecule has 2 aromatic heterocycles. The summed E-state index contributed by atoms with van der Waals surface area (Å²) in [6.07, 6.45) is 2.81. The van der Waals surface area contributed by atoms with Crippen molar-refractivity contribution < 1.29 is 0 Å². The molecule has 1 aliphatic heterocycles. The molecule has 0 unspecified atom stereocenters. The van der Waals surface area contributed by atoms with Crippen LogP contribution in [-0.4, -0.2) is 45.4 Å². The van der Waals surface area contributed by atoms with E-state index in [1.165, 1.54) is 16.8 Å². The molecule has 2 N–H and O–H groups in total. The standard InChI is InChI=1S/C29H30N6/c1-21-8-7-13-26-27(21)32-29(30)35-20-24(31-28(26)35)18-22-9-5-6-10-23(22)19-33-14-16-34(17-15-33)25-11-3-2-4-12-25/h2-13,20H,14-19H2,1H3,(H2,30,32). The Kier molecular flexibility index (Phi) is 5.58. The van der Waals surface area contributed by atoms with Gasteiger partial charge in [0.1, 0.15) is 5.65 Å². The van der Waals surface area contributed by atoms with E-state index in [4.69, 9.17) is 10.7 Å². The highest BCUT2D eigenvalue weighted by Crippen LogP contribution is 2.25. The third-order valence-corrected chi connectivity index (χ3v) is 7.09.